The van der Waals surface area contributed by atoms with Crippen LogP contribution in [0.2, 0.25) is 0 Å². The number of hydrogen-bond acceptors (Lipinski definition) is 3. The largest absolute Gasteiger partial charge is 0.481 e. The second-order valence-electron chi connectivity index (χ2n) is 5.02. The van der Waals surface area contributed by atoms with Crippen molar-refractivity contribution in [2.24, 2.45) is 5.92 Å². The van der Waals surface area contributed by atoms with Gasteiger partial charge >= 0.3 is 5.97 Å². The lowest BCUT2D eigenvalue weighted by molar-refractivity contribution is -0.142. The minimum Gasteiger partial charge on any atom is -0.481 e. The van der Waals surface area contributed by atoms with Crippen LogP contribution >= 0.6 is 0 Å². The van der Waals surface area contributed by atoms with Gasteiger partial charge in [-0.25, -0.2) is 0 Å². The SMILES string of the molecule is CC1CN(Cc2ccccc2)CC(C(=O)O)CN1. The standard InChI is InChI=1S/C14H20N2O2/c1-11-8-16(9-12-5-3-2-4-6-12)10-13(7-15-11)14(17)18/h2-6,11,13,15H,7-10H2,1H3,(H,17,18). The number of carboxylic acid groups (broad SMARTS) is 1. The molecule has 98 valence electrons. The van der Waals surface area contributed by atoms with Crippen LogP contribution in [-0.2, 0) is 11.3 Å². The molecule has 2 unspecified atom stereocenters. The quantitative estimate of drug-likeness (QED) is 0.843. The van der Waals surface area contributed by atoms with Crippen LogP contribution in [0.25, 0.3) is 0 Å². The second-order valence-corrected chi connectivity index (χ2v) is 5.02. The number of nitrogens with zero attached hydrogens (tertiary/aromatic N) is 1. The molecule has 0 amide bonds. The molecule has 4 heteroatoms. The normalized spacial score (nSPS) is 25.6. The van der Waals surface area contributed by atoms with Gasteiger partial charge < -0.3 is 10.4 Å². The lowest BCUT2D eigenvalue weighted by Gasteiger charge is -2.23. The minimum atomic E-state index is -0.713. The van der Waals surface area contributed by atoms with Crippen molar-refractivity contribution in [1.29, 1.82) is 0 Å². The van der Waals surface area contributed by atoms with Crippen LogP contribution in [0.15, 0.2) is 30.3 Å². The molecule has 0 bridgehead atoms. The van der Waals surface area contributed by atoms with Crippen LogP contribution < -0.4 is 5.32 Å². The monoisotopic (exact) mass is 248 g/mol. The first-order chi connectivity index (χ1) is 8.65. The summed E-state index contributed by atoms with van der Waals surface area (Å²) in [5, 5.41) is 12.4. The molecule has 1 aliphatic rings. The fourth-order valence-corrected chi connectivity index (χ4v) is 2.38. The summed E-state index contributed by atoms with van der Waals surface area (Å²) in [6.07, 6.45) is 0. The van der Waals surface area contributed by atoms with E-state index in [-0.39, 0.29) is 5.92 Å². The molecule has 18 heavy (non-hydrogen) atoms. The van der Waals surface area contributed by atoms with E-state index in [4.69, 9.17) is 5.11 Å². The maximum atomic E-state index is 11.1. The molecule has 0 radical (unpaired) electrons. The van der Waals surface area contributed by atoms with Gasteiger partial charge in [-0.3, -0.25) is 9.69 Å². The van der Waals surface area contributed by atoms with Crippen LogP contribution in [0.1, 0.15) is 12.5 Å². The Morgan fingerprint density at radius 1 is 1.39 bits per heavy atom. The average molecular weight is 248 g/mol. The predicted octanol–water partition coefficient (Wildman–Crippen LogP) is 1.18. The van der Waals surface area contributed by atoms with E-state index in [1.165, 1.54) is 5.56 Å². The van der Waals surface area contributed by atoms with Gasteiger partial charge in [-0.2, -0.15) is 0 Å². The predicted molar refractivity (Wildman–Crippen MR) is 70.3 cm³/mol. The van der Waals surface area contributed by atoms with Crippen molar-refractivity contribution in [3.8, 4) is 0 Å². The summed E-state index contributed by atoms with van der Waals surface area (Å²) in [5.41, 5.74) is 1.23. The van der Waals surface area contributed by atoms with Crippen molar-refractivity contribution in [2.75, 3.05) is 19.6 Å². The first kappa shape index (κ1) is 13.1. The maximum Gasteiger partial charge on any atom is 0.309 e. The van der Waals surface area contributed by atoms with E-state index in [1.54, 1.807) is 0 Å². The third kappa shape index (κ3) is 3.55. The molecule has 0 aliphatic carbocycles. The Labute approximate surface area is 108 Å². The van der Waals surface area contributed by atoms with Gasteiger partial charge in [-0.15, -0.1) is 0 Å². The van der Waals surface area contributed by atoms with Gasteiger partial charge in [-0.1, -0.05) is 30.3 Å². The molecule has 1 aromatic carbocycles. The summed E-state index contributed by atoms with van der Waals surface area (Å²) < 4.78 is 0. The molecule has 1 saturated heterocycles. The molecule has 0 saturated carbocycles. The molecular formula is C14H20N2O2. The zero-order valence-corrected chi connectivity index (χ0v) is 10.7. The number of hydrogen-bond donors (Lipinski definition) is 2. The molecule has 0 spiro atoms. The van der Waals surface area contributed by atoms with Gasteiger partial charge in [0.25, 0.3) is 0 Å². The molecule has 1 aromatic rings. The lowest BCUT2D eigenvalue weighted by Crippen LogP contribution is -2.34. The van der Waals surface area contributed by atoms with E-state index in [2.05, 4.69) is 29.3 Å². The Hall–Kier alpha value is -1.39. The molecule has 2 rings (SSSR count). The van der Waals surface area contributed by atoms with Crippen LogP contribution in [0, 0.1) is 5.92 Å². The van der Waals surface area contributed by atoms with E-state index in [9.17, 15) is 4.79 Å². The van der Waals surface area contributed by atoms with Crippen LogP contribution in [-0.4, -0.2) is 41.7 Å². The third-order valence-electron chi connectivity index (χ3n) is 3.32. The molecule has 0 aromatic heterocycles. The van der Waals surface area contributed by atoms with Crippen LogP contribution in [0.5, 0.6) is 0 Å². The highest BCUT2D eigenvalue weighted by molar-refractivity contribution is 5.70. The summed E-state index contributed by atoms with van der Waals surface area (Å²) in [7, 11) is 0. The molecule has 1 fully saturated rings. The zero-order chi connectivity index (χ0) is 13.0. The Morgan fingerprint density at radius 2 is 2.11 bits per heavy atom. The van der Waals surface area contributed by atoms with Crippen molar-refractivity contribution in [2.45, 2.75) is 19.5 Å². The van der Waals surface area contributed by atoms with Crippen molar-refractivity contribution >= 4 is 5.97 Å². The summed E-state index contributed by atoms with van der Waals surface area (Å²) in [5.74, 6) is -1.03. The summed E-state index contributed by atoms with van der Waals surface area (Å²) in [6, 6.07) is 10.5. The highest BCUT2D eigenvalue weighted by Gasteiger charge is 2.25. The van der Waals surface area contributed by atoms with E-state index in [1.807, 2.05) is 18.2 Å². The van der Waals surface area contributed by atoms with Crippen LogP contribution in [0.4, 0.5) is 0 Å². The highest BCUT2D eigenvalue weighted by atomic mass is 16.4. The summed E-state index contributed by atoms with van der Waals surface area (Å²) in [6.45, 7) is 4.97. The Bertz CT molecular complexity index is 394. The highest BCUT2D eigenvalue weighted by Crippen LogP contribution is 2.11. The lowest BCUT2D eigenvalue weighted by atomic mass is 10.1. The smallest absolute Gasteiger partial charge is 0.309 e. The first-order valence-corrected chi connectivity index (χ1v) is 6.37. The number of carboxylic acids is 1. The van der Waals surface area contributed by atoms with Crippen molar-refractivity contribution in [1.82, 2.24) is 10.2 Å². The van der Waals surface area contributed by atoms with Crippen molar-refractivity contribution < 1.29 is 9.90 Å². The summed E-state index contributed by atoms with van der Waals surface area (Å²) in [4.78, 5) is 13.4. The third-order valence-corrected chi connectivity index (χ3v) is 3.32. The molecular weight excluding hydrogens is 228 g/mol. The van der Waals surface area contributed by atoms with Gasteiger partial charge in [0.15, 0.2) is 0 Å². The first-order valence-electron chi connectivity index (χ1n) is 6.37. The second kappa shape index (κ2) is 5.98. The van der Waals surface area contributed by atoms with Gasteiger partial charge in [0, 0.05) is 32.2 Å². The molecule has 1 heterocycles. The van der Waals surface area contributed by atoms with Gasteiger partial charge in [-0.05, 0) is 12.5 Å². The van der Waals surface area contributed by atoms with Crippen LogP contribution in [0.3, 0.4) is 0 Å². The number of nitrogens with one attached hydrogen (secondary N) is 1. The number of carbonyl (C=O) groups is 1. The molecule has 1 aliphatic heterocycles. The number of rotatable bonds is 3. The maximum absolute atomic E-state index is 11.1. The van der Waals surface area contributed by atoms with Gasteiger partial charge in [0.05, 0.1) is 5.92 Å². The fraction of sp³-hybridized carbons (Fsp3) is 0.500. The Kier molecular flexibility index (Phi) is 4.33. The van der Waals surface area contributed by atoms with Gasteiger partial charge in [0.1, 0.15) is 0 Å². The minimum absolute atomic E-state index is 0.321. The fourth-order valence-electron chi connectivity index (χ4n) is 2.38. The molecule has 2 N–H and O–H groups in total. The van der Waals surface area contributed by atoms with Gasteiger partial charge in [0.2, 0.25) is 0 Å². The van der Waals surface area contributed by atoms with Crippen molar-refractivity contribution in [3.63, 3.8) is 0 Å². The molecule has 4 nitrogen and oxygen atoms in total. The molecule has 2 atom stereocenters. The van der Waals surface area contributed by atoms with E-state index >= 15 is 0 Å². The number of benzene rings is 1. The zero-order valence-electron chi connectivity index (χ0n) is 10.7. The van der Waals surface area contributed by atoms with Crippen molar-refractivity contribution in [3.05, 3.63) is 35.9 Å². The van der Waals surface area contributed by atoms with E-state index < -0.39 is 5.97 Å². The number of aliphatic carboxylic acids is 1. The topological polar surface area (TPSA) is 52.6 Å². The average Bonchev–Trinajstić information content (AvgIpc) is 2.52. The summed E-state index contributed by atoms with van der Waals surface area (Å²) >= 11 is 0. The van der Waals surface area contributed by atoms with E-state index in [0.29, 0.717) is 19.1 Å². The van der Waals surface area contributed by atoms with E-state index in [0.717, 1.165) is 13.1 Å². The Balaban J connectivity index is 2.03. The Morgan fingerprint density at radius 3 is 2.78 bits per heavy atom.